The summed E-state index contributed by atoms with van der Waals surface area (Å²) in [6.45, 7) is 5.09. The number of nitrogens with zero attached hydrogens (tertiary/aromatic N) is 1. The van der Waals surface area contributed by atoms with E-state index in [0.29, 0.717) is 0 Å². The average molecular weight is 640 g/mol. The molecular formula is C47H33NSi. The maximum absolute atomic E-state index is 2.57. The molecule has 8 aromatic carbocycles. The Balaban J connectivity index is 1.28. The number of hydrogen-bond acceptors (Lipinski definition) is 0. The fourth-order valence-electron chi connectivity index (χ4n) is 9.70. The zero-order valence-electron chi connectivity index (χ0n) is 27.5. The van der Waals surface area contributed by atoms with Crippen LogP contribution in [0.1, 0.15) is 22.3 Å². The third-order valence-electron chi connectivity index (χ3n) is 11.8. The molecule has 230 valence electrons. The van der Waals surface area contributed by atoms with Crippen molar-refractivity contribution in [2.45, 2.75) is 18.5 Å². The molecule has 0 saturated heterocycles. The standard InChI is InChI=1S/C47H33NSi/c1-49(2)44-21-10-7-17-39(44)47(38-16-6-9-20-43(38)48-42-19-8-5-14-36(42)37-15-11-18-40(47)46(37)48)41-29-32(25-27-45(41)49)31-24-26-35-33(28-31)23-22-30-12-3-4-13-34(30)35/h3-29H,1-2H3. The molecule has 1 unspecified atom stereocenters. The fraction of sp³-hybridized carbons (Fsp3) is 0.0638. The van der Waals surface area contributed by atoms with E-state index in [2.05, 4.69) is 181 Å². The predicted octanol–water partition coefficient (Wildman–Crippen LogP) is 10.6. The molecule has 2 aliphatic rings. The molecule has 0 saturated carbocycles. The Morgan fingerprint density at radius 3 is 1.98 bits per heavy atom. The Bertz CT molecular complexity index is 2870. The molecule has 1 spiro atoms. The molecule has 2 aliphatic heterocycles. The first-order valence-corrected chi connectivity index (χ1v) is 20.4. The maximum Gasteiger partial charge on any atom is 0.113 e. The number of rotatable bonds is 1. The van der Waals surface area contributed by atoms with Gasteiger partial charge in [-0.05, 0) is 89.6 Å². The van der Waals surface area contributed by atoms with Crippen molar-refractivity contribution in [1.29, 1.82) is 0 Å². The van der Waals surface area contributed by atoms with E-state index in [0.717, 1.165) is 0 Å². The second-order valence-corrected chi connectivity index (χ2v) is 18.8. The van der Waals surface area contributed by atoms with E-state index in [-0.39, 0.29) is 0 Å². The van der Waals surface area contributed by atoms with Gasteiger partial charge >= 0.3 is 0 Å². The Morgan fingerprint density at radius 1 is 0.429 bits per heavy atom. The summed E-state index contributed by atoms with van der Waals surface area (Å²) in [7, 11) is -2.07. The average Bonchev–Trinajstić information content (AvgIpc) is 3.50. The van der Waals surface area contributed by atoms with Gasteiger partial charge in [-0.3, -0.25) is 0 Å². The number of fused-ring (bicyclic) bond motifs is 14. The summed E-state index contributed by atoms with van der Waals surface area (Å²) in [6.07, 6.45) is 0. The van der Waals surface area contributed by atoms with Crippen molar-refractivity contribution >= 4 is 61.8 Å². The normalized spacial score (nSPS) is 17.0. The minimum Gasteiger partial charge on any atom is -0.309 e. The van der Waals surface area contributed by atoms with Crippen molar-refractivity contribution in [2.24, 2.45) is 0 Å². The summed E-state index contributed by atoms with van der Waals surface area (Å²) in [5.41, 5.74) is 11.6. The highest BCUT2D eigenvalue weighted by molar-refractivity contribution is 7.01. The first-order valence-electron chi connectivity index (χ1n) is 17.4. The minimum absolute atomic E-state index is 0.460. The van der Waals surface area contributed by atoms with Gasteiger partial charge in [0.05, 0.1) is 22.1 Å². The summed E-state index contributed by atoms with van der Waals surface area (Å²) >= 11 is 0. The second kappa shape index (κ2) is 9.47. The van der Waals surface area contributed by atoms with Gasteiger partial charge in [-0.25, -0.2) is 0 Å². The van der Waals surface area contributed by atoms with Crippen molar-refractivity contribution in [1.82, 2.24) is 4.57 Å². The Labute approximate surface area is 286 Å². The van der Waals surface area contributed by atoms with E-state index in [1.165, 1.54) is 92.8 Å². The van der Waals surface area contributed by atoms with Gasteiger partial charge < -0.3 is 4.57 Å². The second-order valence-electron chi connectivity index (χ2n) is 14.5. The van der Waals surface area contributed by atoms with Crippen LogP contribution < -0.4 is 10.4 Å². The van der Waals surface area contributed by atoms with E-state index >= 15 is 0 Å². The SMILES string of the molecule is C[Si]1(C)c2ccccc2C2(c3ccccc3-n3c4ccccc4c4cccc2c43)c2cc(-c3ccc4c(ccc5ccccc54)c3)ccc21. The van der Waals surface area contributed by atoms with E-state index < -0.39 is 13.5 Å². The van der Waals surface area contributed by atoms with E-state index in [4.69, 9.17) is 0 Å². The highest BCUT2D eigenvalue weighted by atomic mass is 28.3. The molecule has 0 radical (unpaired) electrons. The molecule has 1 nitrogen and oxygen atoms in total. The lowest BCUT2D eigenvalue weighted by Crippen LogP contribution is -2.63. The molecule has 0 aliphatic carbocycles. The molecular weight excluding hydrogens is 607 g/mol. The molecule has 9 aromatic rings. The summed E-state index contributed by atoms with van der Waals surface area (Å²) in [5, 5.41) is 10.9. The van der Waals surface area contributed by atoms with Crippen LogP contribution in [-0.2, 0) is 5.41 Å². The number of para-hydroxylation sites is 3. The highest BCUT2D eigenvalue weighted by Crippen LogP contribution is 2.55. The first-order chi connectivity index (χ1) is 24.1. The van der Waals surface area contributed by atoms with Crippen LogP contribution in [0.25, 0.3) is 60.2 Å². The van der Waals surface area contributed by atoms with Gasteiger partial charge in [0.15, 0.2) is 0 Å². The Morgan fingerprint density at radius 2 is 1.06 bits per heavy atom. The summed E-state index contributed by atoms with van der Waals surface area (Å²) in [6, 6.07) is 62.3. The topological polar surface area (TPSA) is 4.93 Å². The Hall–Kier alpha value is -5.70. The summed E-state index contributed by atoms with van der Waals surface area (Å²) in [5.74, 6) is 0. The molecule has 49 heavy (non-hydrogen) atoms. The van der Waals surface area contributed by atoms with Crippen molar-refractivity contribution in [3.63, 3.8) is 0 Å². The monoisotopic (exact) mass is 639 g/mol. The molecule has 1 aromatic heterocycles. The van der Waals surface area contributed by atoms with Crippen LogP contribution in [0, 0.1) is 0 Å². The van der Waals surface area contributed by atoms with Gasteiger partial charge in [-0.2, -0.15) is 0 Å². The van der Waals surface area contributed by atoms with Crippen LogP contribution in [-0.4, -0.2) is 12.6 Å². The molecule has 0 N–H and O–H groups in total. The first kappa shape index (κ1) is 27.3. The van der Waals surface area contributed by atoms with E-state index in [1.807, 2.05) is 0 Å². The van der Waals surface area contributed by atoms with Crippen molar-refractivity contribution in [2.75, 3.05) is 0 Å². The number of aromatic nitrogens is 1. The van der Waals surface area contributed by atoms with Gasteiger partial charge in [0, 0.05) is 10.8 Å². The molecule has 11 rings (SSSR count). The molecule has 0 amide bonds. The maximum atomic E-state index is 2.57. The van der Waals surface area contributed by atoms with Crippen molar-refractivity contribution in [3.05, 3.63) is 186 Å². The van der Waals surface area contributed by atoms with Gasteiger partial charge in [0.2, 0.25) is 0 Å². The van der Waals surface area contributed by atoms with Crippen LogP contribution in [0.4, 0.5) is 0 Å². The molecule has 2 heteroatoms. The quantitative estimate of drug-likeness (QED) is 0.124. The van der Waals surface area contributed by atoms with Crippen LogP contribution in [0.2, 0.25) is 13.1 Å². The van der Waals surface area contributed by atoms with Crippen LogP contribution >= 0.6 is 0 Å². The number of hydrogen-bond donors (Lipinski definition) is 0. The minimum atomic E-state index is -2.07. The molecule has 3 heterocycles. The molecule has 0 bridgehead atoms. The Kier molecular flexibility index (Phi) is 5.27. The van der Waals surface area contributed by atoms with Crippen LogP contribution in [0.3, 0.4) is 0 Å². The third-order valence-corrected chi connectivity index (χ3v) is 15.4. The van der Waals surface area contributed by atoms with Crippen molar-refractivity contribution in [3.8, 4) is 16.8 Å². The van der Waals surface area contributed by atoms with Gasteiger partial charge in [-0.1, -0.05) is 153 Å². The van der Waals surface area contributed by atoms with Gasteiger partial charge in [0.25, 0.3) is 0 Å². The lowest BCUT2D eigenvalue weighted by Gasteiger charge is -2.49. The van der Waals surface area contributed by atoms with Gasteiger partial charge in [0.1, 0.15) is 8.07 Å². The molecule has 1 atom stereocenters. The smallest absolute Gasteiger partial charge is 0.113 e. The largest absolute Gasteiger partial charge is 0.309 e. The van der Waals surface area contributed by atoms with Crippen LogP contribution in [0.5, 0.6) is 0 Å². The molecule has 0 fully saturated rings. The zero-order valence-corrected chi connectivity index (χ0v) is 28.5. The van der Waals surface area contributed by atoms with Crippen LogP contribution in [0.15, 0.2) is 164 Å². The number of benzene rings is 8. The van der Waals surface area contributed by atoms with E-state index in [1.54, 1.807) is 0 Å². The highest BCUT2D eigenvalue weighted by Gasteiger charge is 2.53. The van der Waals surface area contributed by atoms with Crippen molar-refractivity contribution < 1.29 is 0 Å². The predicted molar refractivity (Wildman–Crippen MR) is 210 cm³/mol. The van der Waals surface area contributed by atoms with E-state index in [9.17, 15) is 0 Å². The summed E-state index contributed by atoms with van der Waals surface area (Å²) in [4.78, 5) is 0. The lowest BCUT2D eigenvalue weighted by molar-refractivity contribution is 0.732. The fourth-order valence-corrected chi connectivity index (χ4v) is 12.9. The summed E-state index contributed by atoms with van der Waals surface area (Å²) < 4.78 is 2.54. The van der Waals surface area contributed by atoms with Gasteiger partial charge in [-0.15, -0.1) is 0 Å². The third kappa shape index (κ3) is 3.34. The lowest BCUT2D eigenvalue weighted by atomic mass is 9.62. The zero-order chi connectivity index (χ0) is 32.5.